The van der Waals surface area contributed by atoms with Gasteiger partial charge in [-0.05, 0) is 18.4 Å². The van der Waals surface area contributed by atoms with E-state index in [1.165, 1.54) is 11.3 Å². The number of carbonyl (C=O) groups is 2. The van der Waals surface area contributed by atoms with Crippen LogP contribution in [0.3, 0.4) is 0 Å². The monoisotopic (exact) mass is 314 g/mol. The summed E-state index contributed by atoms with van der Waals surface area (Å²) in [4.78, 5) is 23.7. The Morgan fingerprint density at radius 3 is 3.10 bits per heavy atom. The Balaban J connectivity index is 1.90. The number of nitrogens with one attached hydrogen (secondary N) is 2. The molecule has 1 aliphatic heterocycles. The van der Waals surface area contributed by atoms with Crippen LogP contribution >= 0.6 is 23.1 Å². The van der Waals surface area contributed by atoms with Crippen LogP contribution in [0.5, 0.6) is 0 Å². The molecule has 1 aliphatic rings. The van der Waals surface area contributed by atoms with Gasteiger partial charge in [0.05, 0.1) is 12.2 Å². The van der Waals surface area contributed by atoms with Gasteiger partial charge in [-0.1, -0.05) is 0 Å². The molecule has 0 aromatic carbocycles. The van der Waals surface area contributed by atoms with Gasteiger partial charge in [-0.3, -0.25) is 4.79 Å². The highest BCUT2D eigenvalue weighted by Gasteiger charge is 2.19. The molecule has 0 aliphatic carbocycles. The molecule has 2 rings (SSSR count). The number of hydrogen-bond donors (Lipinski definition) is 2. The van der Waals surface area contributed by atoms with Crippen molar-refractivity contribution in [3.63, 3.8) is 0 Å². The topological polar surface area (TPSA) is 67.4 Å². The van der Waals surface area contributed by atoms with Crippen molar-refractivity contribution in [1.82, 2.24) is 5.32 Å². The van der Waals surface area contributed by atoms with Crippen molar-refractivity contribution >= 4 is 40.0 Å². The van der Waals surface area contributed by atoms with Crippen molar-refractivity contribution in [3.05, 3.63) is 17.0 Å². The minimum absolute atomic E-state index is 0.0713. The van der Waals surface area contributed by atoms with Gasteiger partial charge >= 0.3 is 5.97 Å². The van der Waals surface area contributed by atoms with E-state index in [0.717, 1.165) is 18.1 Å². The Kier molecular flexibility index (Phi) is 5.87. The minimum Gasteiger partial charge on any atom is -0.462 e. The van der Waals surface area contributed by atoms with Crippen LogP contribution in [0, 0.1) is 0 Å². The van der Waals surface area contributed by atoms with E-state index in [9.17, 15) is 9.59 Å². The highest BCUT2D eigenvalue weighted by atomic mass is 32.2. The Morgan fingerprint density at radius 1 is 1.55 bits per heavy atom. The maximum atomic E-state index is 12.0. The second-order valence-electron chi connectivity index (χ2n) is 4.36. The summed E-state index contributed by atoms with van der Waals surface area (Å²) in [5.41, 5.74) is 0.427. The van der Waals surface area contributed by atoms with E-state index in [4.69, 9.17) is 4.74 Å². The zero-order chi connectivity index (χ0) is 14.4. The summed E-state index contributed by atoms with van der Waals surface area (Å²) in [6.07, 6.45) is 0.424. The summed E-state index contributed by atoms with van der Waals surface area (Å²) in [5.74, 6) is 1.58. The molecule has 2 heterocycles. The van der Waals surface area contributed by atoms with Crippen molar-refractivity contribution < 1.29 is 14.3 Å². The quantitative estimate of drug-likeness (QED) is 0.813. The van der Waals surface area contributed by atoms with Gasteiger partial charge in [-0.15, -0.1) is 11.3 Å². The van der Waals surface area contributed by atoms with Crippen molar-refractivity contribution in [2.45, 2.75) is 19.4 Å². The average Bonchev–Trinajstić information content (AvgIpc) is 2.88. The molecule has 0 radical (unpaired) electrons. The highest BCUT2D eigenvalue weighted by molar-refractivity contribution is 7.99. The fourth-order valence-electron chi connectivity index (χ4n) is 1.93. The smallest absolute Gasteiger partial charge is 0.341 e. The van der Waals surface area contributed by atoms with E-state index >= 15 is 0 Å². The van der Waals surface area contributed by atoms with Crippen molar-refractivity contribution in [2.24, 2.45) is 0 Å². The van der Waals surface area contributed by atoms with Gasteiger partial charge in [-0.25, -0.2) is 4.79 Å². The molecule has 1 fully saturated rings. The number of anilines is 1. The number of rotatable bonds is 5. The van der Waals surface area contributed by atoms with E-state index < -0.39 is 5.97 Å². The van der Waals surface area contributed by atoms with Gasteiger partial charge in [0.2, 0.25) is 5.91 Å². The Bertz CT molecular complexity index is 470. The molecule has 1 aromatic rings. The fourth-order valence-corrected chi connectivity index (χ4v) is 3.67. The molecular weight excluding hydrogens is 296 g/mol. The molecule has 1 amide bonds. The van der Waals surface area contributed by atoms with Crippen LogP contribution in [0.4, 0.5) is 5.00 Å². The van der Waals surface area contributed by atoms with E-state index in [1.807, 2.05) is 11.8 Å². The molecule has 110 valence electrons. The molecule has 0 spiro atoms. The lowest BCUT2D eigenvalue weighted by Crippen LogP contribution is -2.39. The summed E-state index contributed by atoms with van der Waals surface area (Å²) in [5, 5.41) is 8.46. The summed E-state index contributed by atoms with van der Waals surface area (Å²) < 4.78 is 4.96. The number of ether oxygens (including phenoxy) is 1. The van der Waals surface area contributed by atoms with Gasteiger partial charge in [0.25, 0.3) is 0 Å². The first kappa shape index (κ1) is 15.3. The highest BCUT2D eigenvalue weighted by Crippen LogP contribution is 2.24. The number of thiophene rings is 1. The fraction of sp³-hybridized carbons (Fsp3) is 0.538. The first-order valence-corrected chi connectivity index (χ1v) is 8.59. The maximum Gasteiger partial charge on any atom is 0.341 e. The zero-order valence-electron chi connectivity index (χ0n) is 11.3. The second kappa shape index (κ2) is 7.66. The van der Waals surface area contributed by atoms with Gasteiger partial charge in [0.15, 0.2) is 0 Å². The van der Waals surface area contributed by atoms with Gasteiger partial charge in [0.1, 0.15) is 5.00 Å². The third kappa shape index (κ3) is 4.22. The van der Waals surface area contributed by atoms with Crippen LogP contribution in [0.25, 0.3) is 0 Å². The normalized spacial score (nSPS) is 18.6. The predicted octanol–water partition coefficient (Wildman–Crippen LogP) is 1.96. The number of thioether (sulfide) groups is 1. The Morgan fingerprint density at radius 2 is 2.40 bits per heavy atom. The zero-order valence-corrected chi connectivity index (χ0v) is 12.9. The molecule has 2 N–H and O–H groups in total. The summed E-state index contributed by atoms with van der Waals surface area (Å²) in [6.45, 7) is 3.02. The SMILES string of the molecule is CCOC(=O)c1ccsc1NC(=O)CC1CSCCN1. The summed E-state index contributed by atoms with van der Waals surface area (Å²) >= 11 is 3.19. The lowest BCUT2D eigenvalue weighted by molar-refractivity contribution is -0.116. The molecule has 0 saturated carbocycles. The van der Waals surface area contributed by atoms with E-state index in [2.05, 4.69) is 10.6 Å². The maximum absolute atomic E-state index is 12.0. The number of carbonyl (C=O) groups excluding carboxylic acids is 2. The first-order valence-electron chi connectivity index (χ1n) is 6.56. The van der Waals surface area contributed by atoms with Crippen molar-refractivity contribution in [2.75, 3.05) is 30.0 Å². The van der Waals surface area contributed by atoms with Gasteiger partial charge in [-0.2, -0.15) is 11.8 Å². The van der Waals surface area contributed by atoms with Crippen molar-refractivity contribution in [1.29, 1.82) is 0 Å². The molecule has 7 heteroatoms. The van der Waals surface area contributed by atoms with Crippen LogP contribution in [0.2, 0.25) is 0 Å². The van der Waals surface area contributed by atoms with E-state index in [-0.39, 0.29) is 11.9 Å². The molecule has 0 bridgehead atoms. The third-order valence-electron chi connectivity index (χ3n) is 2.84. The van der Waals surface area contributed by atoms with Crippen LogP contribution in [-0.2, 0) is 9.53 Å². The van der Waals surface area contributed by atoms with Gasteiger partial charge in [0, 0.05) is 30.5 Å². The third-order valence-corrected chi connectivity index (χ3v) is 4.80. The minimum atomic E-state index is -0.393. The predicted molar refractivity (Wildman–Crippen MR) is 82.6 cm³/mol. The standard InChI is InChI=1S/C13H18N2O3S2/c1-2-18-13(17)10-3-5-20-12(10)15-11(16)7-9-8-19-6-4-14-9/h3,5,9,14H,2,4,6-8H2,1H3,(H,15,16). The lowest BCUT2D eigenvalue weighted by Gasteiger charge is -2.22. The van der Waals surface area contributed by atoms with Crippen LogP contribution in [0.1, 0.15) is 23.7 Å². The molecule has 20 heavy (non-hydrogen) atoms. The molecule has 1 atom stereocenters. The largest absolute Gasteiger partial charge is 0.462 e. The lowest BCUT2D eigenvalue weighted by atomic mass is 10.2. The number of esters is 1. The summed E-state index contributed by atoms with van der Waals surface area (Å²) in [7, 11) is 0. The molecule has 1 aromatic heterocycles. The Hall–Kier alpha value is -1.05. The average molecular weight is 314 g/mol. The number of amides is 1. The molecule has 5 nitrogen and oxygen atoms in total. The molecule has 1 unspecified atom stereocenters. The first-order chi connectivity index (χ1) is 9.70. The van der Waals surface area contributed by atoms with Crippen molar-refractivity contribution in [3.8, 4) is 0 Å². The molecular formula is C13H18N2O3S2. The number of hydrogen-bond acceptors (Lipinski definition) is 6. The van der Waals surface area contributed by atoms with Crippen LogP contribution < -0.4 is 10.6 Å². The Labute approximate surface area is 126 Å². The second-order valence-corrected chi connectivity index (χ2v) is 6.43. The van der Waals surface area contributed by atoms with Crippen LogP contribution in [0.15, 0.2) is 11.4 Å². The van der Waals surface area contributed by atoms with Gasteiger partial charge < -0.3 is 15.4 Å². The van der Waals surface area contributed by atoms with Crippen LogP contribution in [-0.4, -0.2) is 42.6 Å². The summed E-state index contributed by atoms with van der Waals surface area (Å²) in [6, 6.07) is 1.88. The molecule has 1 saturated heterocycles. The van der Waals surface area contributed by atoms with E-state index in [1.54, 1.807) is 18.4 Å². The van der Waals surface area contributed by atoms with E-state index in [0.29, 0.717) is 23.6 Å².